The van der Waals surface area contributed by atoms with Crippen LogP contribution in [-0.2, 0) is 31.8 Å². The summed E-state index contributed by atoms with van der Waals surface area (Å²) < 4.78 is 53.1. The number of hydrogen-bond donors (Lipinski definition) is 0. The van der Waals surface area contributed by atoms with Gasteiger partial charge in [0.25, 0.3) is 0 Å². The van der Waals surface area contributed by atoms with Gasteiger partial charge in [-0.05, 0) is 106 Å². The van der Waals surface area contributed by atoms with Crippen LogP contribution in [0.1, 0.15) is 107 Å². The standard InChI is InChI=1S/C22H45N3OSi2.C22H41N3OSi2.CH3.5ClH.2Cr.4FH.4H2/c2*1-17-16-19(26-28(8,9)22(3,4)5)20(18(17)2)27(6,7)25-15-11-14-24-13-10-12-23-21(24)25;;;;;;;;;;;;;;;;/h17-20H,10-16H2,1-9H3;16,20H,10-15H2,1-9H3;1H3;5*1H;;;8*1H/q;;-1;;;;;;+3;+6;;;;;;;;/p-8/i;;;;;;;;;;;;;;4*1+2. The van der Waals surface area contributed by atoms with E-state index in [9.17, 15) is 10.6 Å². The van der Waals surface area contributed by atoms with Gasteiger partial charge in [-0.25, -0.2) is 0 Å². The molecule has 23 heteroatoms. The van der Waals surface area contributed by atoms with Crippen molar-refractivity contribution in [3.05, 3.63) is 30.4 Å². The van der Waals surface area contributed by atoms with Crippen molar-refractivity contribution in [1.29, 1.82) is 0 Å². The average Bonchev–Trinajstić information content (AvgIpc) is 3.60. The molecule has 8 nitrogen and oxygen atoms in total. The second-order valence-corrected chi connectivity index (χ2v) is 56.9. The molecule has 0 aromatic heterocycles. The minimum absolute atomic E-state index is 0. The topological polar surface area (TPSA) is 56.1 Å². The van der Waals surface area contributed by atoms with E-state index in [1.54, 1.807) is 0 Å². The molecule has 0 radical (unpaired) electrons. The molecule has 2 aliphatic carbocycles. The maximum atomic E-state index is 11.2. The Hall–Kier alpha value is 0.882. The number of halogens is 9. The summed E-state index contributed by atoms with van der Waals surface area (Å²) in [6.07, 6.45) is 8.94. The van der Waals surface area contributed by atoms with E-state index >= 15 is 0 Å². The van der Waals surface area contributed by atoms with E-state index in [1.165, 1.54) is 93.7 Å². The summed E-state index contributed by atoms with van der Waals surface area (Å²) in [5.41, 5.74) is 4.02. The zero-order valence-corrected chi connectivity index (χ0v) is 55.2. The molecule has 1 saturated carbocycles. The zero-order valence-electron chi connectivity index (χ0n) is 44.9. The average molecular weight is 1230 g/mol. The summed E-state index contributed by atoms with van der Waals surface area (Å²) in [4.78, 5) is 15.1. The first-order chi connectivity index (χ1) is 29.6. The number of allylic oxidation sites excluding steroid dienone is 3. The summed E-state index contributed by atoms with van der Waals surface area (Å²) in [6.45, 7) is 52.6. The summed E-state index contributed by atoms with van der Waals surface area (Å²) >= 11 is -0.181. The Morgan fingerprint density at radius 3 is 1.49 bits per heavy atom. The number of rotatable bonds is 8. The van der Waals surface area contributed by atoms with Gasteiger partial charge in [-0.3, -0.25) is 14.7 Å². The van der Waals surface area contributed by atoms with Crippen LogP contribution in [0.5, 0.6) is 0 Å². The van der Waals surface area contributed by atoms with Crippen LogP contribution < -0.4 is 0 Å². The summed E-state index contributed by atoms with van der Waals surface area (Å²) in [5, 5.41) is 0.484. The van der Waals surface area contributed by atoms with Crippen LogP contribution in [0.4, 0.5) is 15.3 Å². The van der Waals surface area contributed by atoms with Crippen molar-refractivity contribution in [1.82, 2.24) is 18.9 Å². The minimum atomic E-state index is -8.04. The van der Waals surface area contributed by atoms with Crippen LogP contribution in [0, 0.1) is 19.3 Å². The fourth-order valence-corrected chi connectivity index (χ4v) is 21.3. The van der Waals surface area contributed by atoms with Crippen LogP contribution in [0.3, 0.4) is 0 Å². The molecule has 68 heavy (non-hydrogen) atoms. The monoisotopic (exact) mass is 1230 g/mol. The third kappa shape index (κ3) is 18.0. The van der Waals surface area contributed by atoms with Gasteiger partial charge in [0.15, 0.2) is 36.7 Å². The fourth-order valence-electron chi connectivity index (χ4n) is 10.1. The van der Waals surface area contributed by atoms with Crippen molar-refractivity contribution in [3.63, 3.8) is 0 Å². The van der Waals surface area contributed by atoms with Crippen molar-refractivity contribution in [2.75, 3.05) is 52.4 Å². The van der Waals surface area contributed by atoms with E-state index in [4.69, 9.17) is 38.9 Å². The predicted octanol–water partition coefficient (Wildman–Crippen LogP) is 17.3. The Bertz CT molecular complexity index is 1830. The molecule has 0 aromatic rings. The molecule has 0 N–H and O–H groups in total. The van der Waals surface area contributed by atoms with Gasteiger partial charge in [0.2, 0.25) is 8.32 Å². The number of fused-ring (bicyclic) bond motifs is 2. The second kappa shape index (κ2) is 23.8. The molecule has 0 amide bonds. The molecule has 0 aromatic carbocycles. The van der Waals surface area contributed by atoms with Gasteiger partial charge in [0, 0.05) is 75.3 Å². The van der Waals surface area contributed by atoms with Gasteiger partial charge in [-0.15, -0.1) is 0 Å². The Morgan fingerprint density at radius 2 is 1.09 bits per heavy atom. The van der Waals surface area contributed by atoms with Crippen LogP contribution in [0.2, 0.25) is 73.5 Å². The SMILES string of the molecule is CC1=C(C)C([Si](C)(C)N2CCCN3CCCN=C32)C(O[Si](C)(C)C(C)(C)C)=C1.CC1CC(O[Si](C)(C)C(C)(C)C)C([Si](C)(C)N2CCCN3CCCN=C32)C1C.F.[3HH].[3HH].[3HH].[3HH].[CH3-].[Cl][Cr+][Cl].[F][Cr]([F])([F])([Cl])([Cl])[Cl]. The molecule has 6 aliphatic rings. The molecule has 2 saturated heterocycles. The van der Waals surface area contributed by atoms with Gasteiger partial charge in [-0.2, -0.15) is 0 Å². The molecule has 6 rings (SSSR count). The molecule has 4 aliphatic heterocycles. The Labute approximate surface area is 449 Å². The van der Waals surface area contributed by atoms with Crippen LogP contribution in [0.25, 0.3) is 0 Å². The van der Waals surface area contributed by atoms with Crippen LogP contribution in [0.15, 0.2) is 33.0 Å². The third-order valence-corrected chi connectivity index (χ3v) is 33.0. The van der Waals surface area contributed by atoms with Gasteiger partial charge >= 0.3 is 83.7 Å². The fraction of sp³-hybridized carbons (Fsp3) is 0.844. The quantitative estimate of drug-likeness (QED) is 0.137. The number of hydrogen-bond acceptors (Lipinski definition) is 8. The first kappa shape index (κ1) is 66.9. The Morgan fingerprint density at radius 1 is 0.706 bits per heavy atom. The predicted molar refractivity (Wildman–Crippen MR) is 302 cm³/mol. The van der Waals surface area contributed by atoms with Gasteiger partial charge in [0.1, 0.15) is 0 Å². The molecule has 0 bridgehead atoms. The third-order valence-electron chi connectivity index (χ3n) is 15.9. The van der Waals surface area contributed by atoms with E-state index in [-0.39, 0.29) is 41.3 Å². The number of nitrogens with zero attached hydrogens (tertiary/aromatic N) is 6. The van der Waals surface area contributed by atoms with Crippen molar-refractivity contribution < 1.29 is 52.8 Å². The van der Waals surface area contributed by atoms with Crippen molar-refractivity contribution >= 4 is 95.3 Å². The summed E-state index contributed by atoms with van der Waals surface area (Å²) in [6, 6.07) is 0. The number of guanidine groups is 2. The van der Waals surface area contributed by atoms with Gasteiger partial charge in [0.05, 0.1) is 5.76 Å². The molecule has 5 unspecified atom stereocenters. The maximum absolute atomic E-state index is 11.2. The van der Waals surface area contributed by atoms with E-state index in [2.05, 4.69) is 177 Å². The van der Waals surface area contributed by atoms with Crippen molar-refractivity contribution in [2.24, 2.45) is 21.8 Å². The van der Waals surface area contributed by atoms with E-state index < -0.39 is 42.7 Å². The first-order valence-electron chi connectivity index (χ1n) is 23.9. The van der Waals surface area contributed by atoms with Gasteiger partial charge in [-0.1, -0.05) is 87.2 Å². The molecular weight excluding hydrogens is 1130 g/mol. The normalized spacial score (nSPS) is 25.9. The number of aliphatic imine (C=N–C) groups is 2. The molecule has 4 heterocycles. The first-order valence-corrected chi connectivity index (χ1v) is 45.9. The second-order valence-electron chi connectivity index (χ2n) is 23.5. The Kier molecular flexibility index (Phi) is 23.4. The summed E-state index contributed by atoms with van der Waals surface area (Å²) in [5.74, 6) is 5.33. The van der Waals surface area contributed by atoms with Crippen LogP contribution in [-0.4, -0.2) is 122 Å². The van der Waals surface area contributed by atoms with E-state index in [0.717, 1.165) is 31.5 Å². The summed E-state index contributed by atoms with van der Waals surface area (Å²) in [7, 11) is 5.57. The molecule has 5 atom stereocenters. The van der Waals surface area contributed by atoms with Crippen LogP contribution >= 0.6 is 50.2 Å². The van der Waals surface area contributed by atoms with E-state index in [0.29, 0.717) is 17.2 Å². The van der Waals surface area contributed by atoms with Crippen molar-refractivity contribution in [2.45, 2.75) is 181 Å². The molecule has 0 spiro atoms. The molecular formula is C45H98Cl5Cr2F4N6O2Si4. The van der Waals surface area contributed by atoms with Crippen molar-refractivity contribution in [3.8, 4) is 0 Å². The zero-order chi connectivity index (χ0) is 50.9. The molecule has 411 valence electrons. The Balaban J connectivity index is -0.000000505. The van der Waals surface area contributed by atoms with E-state index in [1.807, 2.05) is 0 Å². The van der Waals surface area contributed by atoms with Gasteiger partial charge < -0.3 is 35.2 Å². The molecule has 3 fully saturated rings.